The minimum absolute atomic E-state index is 0.0411. The van der Waals surface area contributed by atoms with Crippen molar-refractivity contribution >= 4 is 5.91 Å². The standard InChI is InChI=1S/C16H32N2O2/c1-12(8-15(2,3)4)7-14(19)18-10-13(9-17)20-16(5,6)11-18/h12-13H,7-11,17H2,1-6H3. The molecule has 20 heavy (non-hydrogen) atoms. The molecule has 0 aromatic carbocycles. The Morgan fingerprint density at radius 3 is 2.55 bits per heavy atom. The molecule has 1 amide bonds. The lowest BCUT2D eigenvalue weighted by atomic mass is 9.84. The Morgan fingerprint density at radius 2 is 2.05 bits per heavy atom. The van der Waals surface area contributed by atoms with Gasteiger partial charge in [-0.1, -0.05) is 27.7 Å². The van der Waals surface area contributed by atoms with Crippen molar-refractivity contribution in [2.24, 2.45) is 17.1 Å². The van der Waals surface area contributed by atoms with Crippen molar-refractivity contribution in [3.63, 3.8) is 0 Å². The topological polar surface area (TPSA) is 55.6 Å². The quantitative estimate of drug-likeness (QED) is 0.862. The van der Waals surface area contributed by atoms with E-state index in [4.69, 9.17) is 10.5 Å². The van der Waals surface area contributed by atoms with E-state index in [0.29, 0.717) is 32.0 Å². The third-order valence-electron chi connectivity index (χ3n) is 3.58. The zero-order valence-corrected chi connectivity index (χ0v) is 14.0. The highest BCUT2D eigenvalue weighted by Gasteiger charge is 2.35. The summed E-state index contributed by atoms with van der Waals surface area (Å²) in [5.41, 5.74) is 5.68. The molecule has 1 rings (SSSR count). The number of morpholine rings is 1. The lowest BCUT2D eigenvalue weighted by Crippen LogP contribution is -2.56. The first-order valence-electron chi connectivity index (χ1n) is 7.68. The summed E-state index contributed by atoms with van der Waals surface area (Å²) < 4.78 is 5.87. The van der Waals surface area contributed by atoms with Gasteiger partial charge in [0.05, 0.1) is 11.7 Å². The van der Waals surface area contributed by atoms with Crippen LogP contribution in [0.2, 0.25) is 0 Å². The Balaban J connectivity index is 2.58. The molecule has 1 heterocycles. The van der Waals surface area contributed by atoms with Crippen molar-refractivity contribution in [2.45, 2.75) is 66.1 Å². The van der Waals surface area contributed by atoms with Crippen LogP contribution in [0.1, 0.15) is 54.4 Å². The number of hydrogen-bond donors (Lipinski definition) is 1. The summed E-state index contributed by atoms with van der Waals surface area (Å²) >= 11 is 0. The van der Waals surface area contributed by atoms with Gasteiger partial charge in [0, 0.05) is 26.1 Å². The first kappa shape index (κ1) is 17.4. The summed E-state index contributed by atoms with van der Waals surface area (Å²) in [6.07, 6.45) is 1.64. The summed E-state index contributed by atoms with van der Waals surface area (Å²) in [5, 5.41) is 0. The van der Waals surface area contributed by atoms with E-state index in [0.717, 1.165) is 6.42 Å². The normalized spacial score (nSPS) is 24.6. The van der Waals surface area contributed by atoms with Crippen LogP contribution in [0.5, 0.6) is 0 Å². The van der Waals surface area contributed by atoms with Crippen LogP contribution < -0.4 is 5.73 Å². The van der Waals surface area contributed by atoms with E-state index in [1.165, 1.54) is 0 Å². The summed E-state index contributed by atoms with van der Waals surface area (Å²) in [5.74, 6) is 0.640. The smallest absolute Gasteiger partial charge is 0.223 e. The lowest BCUT2D eigenvalue weighted by molar-refractivity contribution is -0.160. The second-order valence-corrected chi connectivity index (χ2v) is 8.08. The van der Waals surface area contributed by atoms with Gasteiger partial charge in [-0.05, 0) is 31.6 Å². The minimum Gasteiger partial charge on any atom is -0.367 e. The number of hydrogen-bond acceptors (Lipinski definition) is 3. The van der Waals surface area contributed by atoms with Gasteiger partial charge in [0.2, 0.25) is 5.91 Å². The molecule has 2 unspecified atom stereocenters. The predicted octanol–water partition coefficient (Wildman–Crippen LogP) is 2.41. The van der Waals surface area contributed by atoms with E-state index in [1.54, 1.807) is 0 Å². The fourth-order valence-corrected chi connectivity index (χ4v) is 3.15. The van der Waals surface area contributed by atoms with Crippen LogP contribution in [0.15, 0.2) is 0 Å². The molecule has 0 spiro atoms. The van der Waals surface area contributed by atoms with Crippen molar-refractivity contribution < 1.29 is 9.53 Å². The zero-order valence-electron chi connectivity index (χ0n) is 14.0. The van der Waals surface area contributed by atoms with Crippen LogP contribution in [0.4, 0.5) is 0 Å². The van der Waals surface area contributed by atoms with Gasteiger partial charge in [0.1, 0.15) is 0 Å². The molecule has 0 saturated carbocycles. The van der Waals surface area contributed by atoms with Crippen LogP contribution in [-0.2, 0) is 9.53 Å². The molecule has 1 saturated heterocycles. The van der Waals surface area contributed by atoms with Gasteiger partial charge in [0.15, 0.2) is 0 Å². The number of nitrogens with zero attached hydrogens (tertiary/aromatic N) is 1. The predicted molar refractivity (Wildman–Crippen MR) is 82.4 cm³/mol. The van der Waals surface area contributed by atoms with Crippen LogP contribution in [-0.4, -0.2) is 42.1 Å². The molecule has 0 aromatic rings. The van der Waals surface area contributed by atoms with Gasteiger partial charge in [-0.15, -0.1) is 0 Å². The van der Waals surface area contributed by atoms with E-state index >= 15 is 0 Å². The fraction of sp³-hybridized carbons (Fsp3) is 0.938. The third-order valence-corrected chi connectivity index (χ3v) is 3.58. The number of rotatable bonds is 4. The maximum absolute atomic E-state index is 12.5. The maximum atomic E-state index is 12.5. The SMILES string of the molecule is CC(CC(=O)N1CC(CN)OC(C)(C)C1)CC(C)(C)C. The second kappa shape index (κ2) is 6.44. The Hall–Kier alpha value is -0.610. The van der Waals surface area contributed by atoms with E-state index < -0.39 is 0 Å². The second-order valence-electron chi connectivity index (χ2n) is 8.08. The van der Waals surface area contributed by atoms with Crippen molar-refractivity contribution in [2.75, 3.05) is 19.6 Å². The lowest BCUT2D eigenvalue weighted by Gasteiger charge is -2.43. The van der Waals surface area contributed by atoms with Gasteiger partial charge in [0.25, 0.3) is 0 Å². The van der Waals surface area contributed by atoms with Crippen LogP contribution in [0, 0.1) is 11.3 Å². The number of carbonyl (C=O) groups is 1. The molecule has 0 radical (unpaired) electrons. The number of nitrogens with two attached hydrogens (primary N) is 1. The van der Waals surface area contributed by atoms with Crippen molar-refractivity contribution in [3.8, 4) is 0 Å². The molecule has 0 aliphatic carbocycles. The van der Waals surface area contributed by atoms with E-state index in [-0.39, 0.29) is 23.0 Å². The van der Waals surface area contributed by atoms with Crippen LogP contribution >= 0.6 is 0 Å². The molecule has 4 nitrogen and oxygen atoms in total. The summed E-state index contributed by atoms with van der Waals surface area (Å²) in [7, 11) is 0. The summed E-state index contributed by atoms with van der Waals surface area (Å²) in [4.78, 5) is 14.4. The van der Waals surface area contributed by atoms with E-state index in [2.05, 4.69) is 27.7 Å². The highest BCUT2D eigenvalue weighted by Crippen LogP contribution is 2.27. The first-order valence-corrected chi connectivity index (χ1v) is 7.68. The zero-order chi connectivity index (χ0) is 15.6. The molecule has 0 aromatic heterocycles. The molecular weight excluding hydrogens is 252 g/mol. The molecule has 1 aliphatic rings. The third kappa shape index (κ3) is 5.80. The number of ether oxygens (including phenoxy) is 1. The Bertz CT molecular complexity index is 334. The Labute approximate surface area is 124 Å². The van der Waals surface area contributed by atoms with Gasteiger partial charge in [-0.2, -0.15) is 0 Å². The molecule has 1 fully saturated rings. The highest BCUT2D eigenvalue weighted by atomic mass is 16.5. The molecule has 1 aliphatic heterocycles. The fourth-order valence-electron chi connectivity index (χ4n) is 3.15. The average molecular weight is 284 g/mol. The minimum atomic E-state index is -0.300. The molecular formula is C16H32N2O2. The van der Waals surface area contributed by atoms with Crippen molar-refractivity contribution in [3.05, 3.63) is 0 Å². The highest BCUT2D eigenvalue weighted by molar-refractivity contribution is 5.76. The van der Waals surface area contributed by atoms with Gasteiger partial charge >= 0.3 is 0 Å². The van der Waals surface area contributed by atoms with Crippen LogP contribution in [0.25, 0.3) is 0 Å². The van der Waals surface area contributed by atoms with Crippen LogP contribution in [0.3, 0.4) is 0 Å². The van der Waals surface area contributed by atoms with Gasteiger partial charge in [-0.3, -0.25) is 4.79 Å². The number of amides is 1. The van der Waals surface area contributed by atoms with Crippen molar-refractivity contribution in [1.29, 1.82) is 0 Å². The maximum Gasteiger partial charge on any atom is 0.223 e. The van der Waals surface area contributed by atoms with E-state index in [9.17, 15) is 4.79 Å². The average Bonchev–Trinajstić information content (AvgIpc) is 2.23. The molecule has 118 valence electrons. The van der Waals surface area contributed by atoms with Gasteiger partial charge < -0.3 is 15.4 Å². The largest absolute Gasteiger partial charge is 0.367 e. The monoisotopic (exact) mass is 284 g/mol. The molecule has 0 bridgehead atoms. The Kier molecular flexibility index (Phi) is 5.61. The van der Waals surface area contributed by atoms with Crippen molar-refractivity contribution in [1.82, 2.24) is 4.90 Å². The first-order chi connectivity index (χ1) is 9.02. The molecule has 2 atom stereocenters. The summed E-state index contributed by atoms with van der Waals surface area (Å²) in [6.45, 7) is 14.6. The summed E-state index contributed by atoms with van der Waals surface area (Å²) in [6, 6.07) is 0. The Morgan fingerprint density at radius 1 is 1.45 bits per heavy atom. The number of carbonyl (C=O) groups excluding carboxylic acids is 1. The molecule has 4 heteroatoms. The van der Waals surface area contributed by atoms with E-state index in [1.807, 2.05) is 18.7 Å². The van der Waals surface area contributed by atoms with Gasteiger partial charge in [-0.25, -0.2) is 0 Å². The molecule has 2 N–H and O–H groups in total.